The third-order valence-corrected chi connectivity index (χ3v) is 4.54. The number of hydrogen-bond donors (Lipinski definition) is 1. The van der Waals surface area contributed by atoms with Gasteiger partial charge in [-0.15, -0.1) is 0 Å². The van der Waals surface area contributed by atoms with Gasteiger partial charge in [-0.3, -0.25) is 4.79 Å². The van der Waals surface area contributed by atoms with Crippen molar-refractivity contribution >= 4 is 5.97 Å². The lowest BCUT2D eigenvalue weighted by atomic mass is 9.53. The fourth-order valence-electron chi connectivity index (χ4n) is 3.65. The smallest absolute Gasteiger partial charge is 0.312 e. The maximum atomic E-state index is 11.7. The predicted octanol–water partition coefficient (Wildman–Crippen LogP) is 1.12. The highest BCUT2D eigenvalue weighted by atomic mass is 16.5. The minimum Gasteiger partial charge on any atom is -0.466 e. The molecule has 2 saturated carbocycles. The molecule has 0 radical (unpaired) electrons. The third kappa shape index (κ3) is 0.924. The lowest BCUT2D eigenvalue weighted by Crippen LogP contribution is -2.45. The molecule has 5 unspecified atom stereocenters. The van der Waals surface area contributed by atoms with Gasteiger partial charge in [0.25, 0.3) is 0 Å². The van der Waals surface area contributed by atoms with Crippen LogP contribution in [0, 0.1) is 23.2 Å². The Labute approximate surface area is 89.1 Å². The van der Waals surface area contributed by atoms with Gasteiger partial charge in [-0.25, -0.2) is 0 Å². The first-order valence-electron chi connectivity index (χ1n) is 5.75. The Morgan fingerprint density at radius 1 is 1.67 bits per heavy atom. The Bertz CT molecular complexity index is 336. The normalized spacial score (nSPS) is 50.0. The van der Waals surface area contributed by atoms with E-state index in [4.69, 9.17) is 4.74 Å². The van der Waals surface area contributed by atoms with Crippen molar-refractivity contribution in [1.29, 1.82) is 0 Å². The molecule has 82 valence electrons. The molecule has 0 bridgehead atoms. The fourth-order valence-corrected chi connectivity index (χ4v) is 3.65. The number of aliphatic hydroxyl groups is 1. The van der Waals surface area contributed by atoms with Gasteiger partial charge in [0.05, 0.1) is 18.6 Å². The lowest BCUT2D eigenvalue weighted by molar-refractivity contribution is -0.152. The van der Waals surface area contributed by atoms with Crippen LogP contribution >= 0.6 is 0 Å². The number of carbonyl (C=O) groups is 1. The standard InChI is InChI=1S/C12H16O3/c1-2-15-11(14)9-7-3-5-12(7)6-4-8(12)10(9)13/h3,5,7-10,13H,2,4,6H2,1H3. The molecule has 2 fully saturated rings. The summed E-state index contributed by atoms with van der Waals surface area (Å²) in [5.74, 6) is 0.0304. The zero-order valence-electron chi connectivity index (χ0n) is 8.85. The number of carbonyl (C=O) groups excluding carboxylic acids is 1. The summed E-state index contributed by atoms with van der Waals surface area (Å²) < 4.78 is 5.04. The molecule has 0 saturated heterocycles. The molecule has 0 amide bonds. The molecular weight excluding hydrogens is 192 g/mol. The van der Waals surface area contributed by atoms with Gasteiger partial charge >= 0.3 is 5.97 Å². The molecule has 0 heterocycles. The van der Waals surface area contributed by atoms with E-state index in [1.807, 2.05) is 0 Å². The SMILES string of the molecule is CCOC(=O)C1C(O)C2CCC23C=CC13. The molecule has 0 aromatic carbocycles. The summed E-state index contributed by atoms with van der Waals surface area (Å²) in [5, 5.41) is 10.1. The first kappa shape index (κ1) is 9.40. The molecule has 5 atom stereocenters. The molecule has 15 heavy (non-hydrogen) atoms. The van der Waals surface area contributed by atoms with E-state index < -0.39 is 6.10 Å². The van der Waals surface area contributed by atoms with Crippen LogP contribution in [0.15, 0.2) is 12.2 Å². The van der Waals surface area contributed by atoms with Crippen LogP contribution in [0.4, 0.5) is 0 Å². The van der Waals surface area contributed by atoms with Gasteiger partial charge in [0, 0.05) is 11.3 Å². The van der Waals surface area contributed by atoms with Gasteiger partial charge in [-0.2, -0.15) is 0 Å². The van der Waals surface area contributed by atoms with Crippen molar-refractivity contribution < 1.29 is 14.6 Å². The van der Waals surface area contributed by atoms with Crippen LogP contribution in [0.25, 0.3) is 0 Å². The Kier molecular flexibility index (Phi) is 1.78. The molecule has 0 aliphatic heterocycles. The van der Waals surface area contributed by atoms with Gasteiger partial charge in [0.2, 0.25) is 0 Å². The van der Waals surface area contributed by atoms with Crippen molar-refractivity contribution in [2.75, 3.05) is 6.61 Å². The number of esters is 1. The van der Waals surface area contributed by atoms with E-state index in [0.29, 0.717) is 12.5 Å². The molecule has 3 aliphatic rings. The van der Waals surface area contributed by atoms with Crippen molar-refractivity contribution in [1.82, 2.24) is 0 Å². The molecule has 3 heteroatoms. The predicted molar refractivity (Wildman–Crippen MR) is 53.9 cm³/mol. The molecule has 3 aliphatic carbocycles. The second kappa shape index (κ2) is 2.85. The largest absolute Gasteiger partial charge is 0.466 e. The summed E-state index contributed by atoms with van der Waals surface area (Å²) in [6.45, 7) is 2.20. The van der Waals surface area contributed by atoms with Crippen molar-refractivity contribution in [3.8, 4) is 0 Å². The monoisotopic (exact) mass is 208 g/mol. The Hall–Kier alpha value is -0.830. The molecule has 3 rings (SSSR count). The highest BCUT2D eigenvalue weighted by molar-refractivity contribution is 5.75. The van der Waals surface area contributed by atoms with Gasteiger partial charge in [-0.1, -0.05) is 12.2 Å². The zero-order valence-corrected chi connectivity index (χ0v) is 8.85. The Morgan fingerprint density at radius 3 is 2.87 bits per heavy atom. The second-order valence-electron chi connectivity index (χ2n) is 4.91. The number of ether oxygens (including phenoxy) is 1. The molecule has 0 aromatic rings. The molecule has 3 nitrogen and oxygen atoms in total. The zero-order chi connectivity index (χ0) is 10.6. The number of allylic oxidation sites excluding steroid dienone is 2. The van der Waals surface area contributed by atoms with E-state index in [0.717, 1.165) is 12.8 Å². The fraction of sp³-hybridized carbons (Fsp3) is 0.750. The number of aliphatic hydroxyl groups excluding tert-OH is 1. The van der Waals surface area contributed by atoms with E-state index in [-0.39, 0.29) is 23.2 Å². The van der Waals surface area contributed by atoms with E-state index in [1.54, 1.807) is 6.92 Å². The summed E-state index contributed by atoms with van der Waals surface area (Å²) >= 11 is 0. The maximum absolute atomic E-state index is 11.7. The third-order valence-electron chi connectivity index (χ3n) is 4.54. The minimum atomic E-state index is -0.488. The highest BCUT2D eigenvalue weighted by Crippen LogP contribution is 2.68. The van der Waals surface area contributed by atoms with Crippen molar-refractivity contribution in [2.45, 2.75) is 25.9 Å². The topological polar surface area (TPSA) is 46.5 Å². The van der Waals surface area contributed by atoms with Gasteiger partial charge in [0.1, 0.15) is 0 Å². The Morgan fingerprint density at radius 2 is 2.47 bits per heavy atom. The average Bonchev–Trinajstić information content (AvgIpc) is 2.19. The summed E-state index contributed by atoms with van der Waals surface area (Å²) in [6.07, 6.45) is 5.96. The average molecular weight is 208 g/mol. The van der Waals surface area contributed by atoms with E-state index in [1.165, 1.54) is 0 Å². The molecular formula is C12H16O3. The first-order valence-corrected chi connectivity index (χ1v) is 5.75. The van der Waals surface area contributed by atoms with Gasteiger partial charge < -0.3 is 9.84 Å². The van der Waals surface area contributed by atoms with Crippen molar-refractivity contribution in [3.63, 3.8) is 0 Å². The lowest BCUT2D eigenvalue weighted by Gasteiger charge is -2.51. The quantitative estimate of drug-likeness (QED) is 0.546. The van der Waals surface area contributed by atoms with Gasteiger partial charge in [0.15, 0.2) is 0 Å². The molecule has 1 spiro atoms. The van der Waals surface area contributed by atoms with Crippen molar-refractivity contribution in [3.05, 3.63) is 12.2 Å². The van der Waals surface area contributed by atoms with Crippen LogP contribution < -0.4 is 0 Å². The van der Waals surface area contributed by atoms with Crippen LogP contribution in [0.1, 0.15) is 19.8 Å². The summed E-state index contributed by atoms with van der Waals surface area (Å²) in [5.41, 5.74) is 0.164. The minimum absolute atomic E-state index is 0.164. The summed E-state index contributed by atoms with van der Waals surface area (Å²) in [6, 6.07) is 0. The van der Waals surface area contributed by atoms with Crippen LogP contribution in [0.2, 0.25) is 0 Å². The summed E-state index contributed by atoms with van der Waals surface area (Å²) in [4.78, 5) is 11.7. The maximum Gasteiger partial charge on any atom is 0.312 e. The Balaban J connectivity index is 1.85. The van der Waals surface area contributed by atoms with Crippen molar-refractivity contribution in [2.24, 2.45) is 23.2 Å². The van der Waals surface area contributed by atoms with E-state index in [9.17, 15) is 9.90 Å². The van der Waals surface area contributed by atoms with Gasteiger partial charge in [-0.05, 0) is 25.7 Å². The number of hydrogen-bond acceptors (Lipinski definition) is 3. The van der Waals surface area contributed by atoms with Crippen LogP contribution in [0.3, 0.4) is 0 Å². The molecule has 1 N–H and O–H groups in total. The van der Waals surface area contributed by atoms with Crippen LogP contribution in [0.5, 0.6) is 0 Å². The molecule has 0 aromatic heterocycles. The summed E-state index contributed by atoms with van der Waals surface area (Å²) in [7, 11) is 0. The highest BCUT2D eigenvalue weighted by Gasteiger charge is 2.67. The second-order valence-corrected chi connectivity index (χ2v) is 4.91. The van der Waals surface area contributed by atoms with Crippen LogP contribution in [-0.4, -0.2) is 23.8 Å². The van der Waals surface area contributed by atoms with E-state index >= 15 is 0 Å². The number of rotatable bonds is 2. The van der Waals surface area contributed by atoms with E-state index in [2.05, 4.69) is 12.2 Å². The first-order chi connectivity index (χ1) is 7.20. The van der Waals surface area contributed by atoms with Crippen LogP contribution in [-0.2, 0) is 9.53 Å².